The second kappa shape index (κ2) is 6.49. The molecule has 1 amide bonds. The number of hydrogen-bond acceptors (Lipinski definition) is 4. The van der Waals surface area contributed by atoms with Crippen molar-refractivity contribution in [3.05, 3.63) is 71.0 Å². The molecule has 138 valence electrons. The van der Waals surface area contributed by atoms with Crippen molar-refractivity contribution in [2.24, 2.45) is 0 Å². The second-order valence-corrected chi connectivity index (χ2v) is 6.19. The Morgan fingerprint density at radius 1 is 1.00 bits per heavy atom. The Balaban J connectivity index is 1.52. The van der Waals surface area contributed by atoms with Crippen molar-refractivity contribution in [1.82, 2.24) is 25.1 Å². The lowest BCUT2D eigenvalue weighted by Crippen LogP contribution is -2.36. The molecular weight excluding hydrogens is 359 g/mol. The number of tetrazole rings is 1. The lowest BCUT2D eigenvalue weighted by Gasteiger charge is -2.27. The van der Waals surface area contributed by atoms with Gasteiger partial charge in [-0.3, -0.25) is 4.79 Å². The second-order valence-electron chi connectivity index (χ2n) is 6.19. The van der Waals surface area contributed by atoms with Crippen LogP contribution in [-0.4, -0.2) is 37.6 Å². The Morgan fingerprint density at radius 3 is 2.41 bits per heavy atom. The molecule has 2 heterocycles. The van der Waals surface area contributed by atoms with E-state index in [0.29, 0.717) is 18.8 Å². The predicted molar refractivity (Wildman–Crippen MR) is 89.0 cm³/mol. The normalized spacial score (nSPS) is 14.1. The van der Waals surface area contributed by atoms with E-state index >= 15 is 0 Å². The first-order valence-electron chi connectivity index (χ1n) is 8.25. The van der Waals surface area contributed by atoms with Gasteiger partial charge in [0, 0.05) is 13.1 Å². The highest BCUT2D eigenvalue weighted by molar-refractivity contribution is 5.90. The number of fused-ring (bicyclic) bond motifs is 1. The summed E-state index contributed by atoms with van der Waals surface area (Å²) in [5, 5.41) is 11.6. The van der Waals surface area contributed by atoms with Crippen LogP contribution < -0.4 is 0 Å². The lowest BCUT2D eigenvalue weighted by atomic mass is 10.00. The van der Waals surface area contributed by atoms with Gasteiger partial charge in [0.05, 0.1) is 11.3 Å². The summed E-state index contributed by atoms with van der Waals surface area (Å²) in [7, 11) is 0. The number of carbonyl (C=O) groups excluding carboxylic acids is 1. The number of nitrogens with zero attached hydrogens (tertiary/aromatic N) is 5. The van der Waals surface area contributed by atoms with Gasteiger partial charge in [-0.05, 0) is 47.0 Å². The zero-order chi connectivity index (χ0) is 19.0. The van der Waals surface area contributed by atoms with Crippen molar-refractivity contribution in [3.8, 4) is 5.69 Å². The fraction of sp³-hybridized carbons (Fsp3) is 0.222. The largest absolute Gasteiger partial charge is 0.416 e. The van der Waals surface area contributed by atoms with Gasteiger partial charge in [-0.25, -0.2) is 0 Å². The van der Waals surface area contributed by atoms with Crippen LogP contribution in [0.4, 0.5) is 13.2 Å². The number of alkyl halides is 3. The molecule has 0 bridgehead atoms. The number of carbonyl (C=O) groups is 1. The van der Waals surface area contributed by atoms with Gasteiger partial charge < -0.3 is 4.90 Å². The molecule has 0 spiro atoms. The minimum Gasteiger partial charge on any atom is -0.331 e. The number of hydrogen-bond donors (Lipinski definition) is 0. The van der Waals surface area contributed by atoms with Gasteiger partial charge in [0.15, 0.2) is 0 Å². The topological polar surface area (TPSA) is 63.9 Å². The Hall–Kier alpha value is -3.23. The molecule has 9 heteroatoms. The Bertz CT molecular complexity index is 981. The van der Waals surface area contributed by atoms with E-state index in [1.54, 1.807) is 4.90 Å². The highest BCUT2D eigenvalue weighted by atomic mass is 19.4. The smallest absolute Gasteiger partial charge is 0.331 e. The van der Waals surface area contributed by atoms with Gasteiger partial charge in [-0.15, -0.1) is 15.0 Å². The minimum atomic E-state index is -4.42. The molecule has 0 aliphatic carbocycles. The van der Waals surface area contributed by atoms with Gasteiger partial charge in [0.25, 0.3) is 11.7 Å². The summed E-state index contributed by atoms with van der Waals surface area (Å²) in [5.74, 6) is -0.447. The fourth-order valence-corrected chi connectivity index (χ4v) is 3.00. The highest BCUT2D eigenvalue weighted by Gasteiger charge is 2.30. The van der Waals surface area contributed by atoms with Crippen LogP contribution in [0, 0.1) is 0 Å². The molecule has 0 N–H and O–H groups in total. The summed E-state index contributed by atoms with van der Waals surface area (Å²) < 4.78 is 37.9. The standard InChI is InChI=1S/C18H14F3N5O/c19-18(20,21)14-5-7-15(8-6-14)26-23-16(22-24-26)17(27)25-10-9-12-3-1-2-4-13(12)11-25/h1-8H,9-11H2. The van der Waals surface area contributed by atoms with Gasteiger partial charge in [0.1, 0.15) is 0 Å². The number of amides is 1. The van der Waals surface area contributed by atoms with Crippen LogP contribution in [-0.2, 0) is 19.1 Å². The molecule has 1 aromatic heterocycles. The van der Waals surface area contributed by atoms with Crippen molar-refractivity contribution >= 4 is 5.91 Å². The van der Waals surface area contributed by atoms with E-state index in [9.17, 15) is 18.0 Å². The first-order valence-corrected chi connectivity index (χ1v) is 8.25. The summed E-state index contributed by atoms with van der Waals surface area (Å²) in [6.45, 7) is 1.01. The molecular formula is C18H14F3N5O. The molecule has 0 atom stereocenters. The number of rotatable bonds is 2. The van der Waals surface area contributed by atoms with Crippen LogP contribution >= 0.6 is 0 Å². The quantitative estimate of drug-likeness (QED) is 0.693. The first-order chi connectivity index (χ1) is 12.9. The average molecular weight is 373 g/mol. The van der Waals surface area contributed by atoms with E-state index in [0.717, 1.165) is 28.9 Å². The molecule has 0 unspecified atom stereocenters. The highest BCUT2D eigenvalue weighted by Crippen LogP contribution is 2.29. The first kappa shape index (κ1) is 17.2. The summed E-state index contributed by atoms with van der Waals surface area (Å²) in [5.41, 5.74) is 1.81. The van der Waals surface area contributed by atoms with Crippen LogP contribution in [0.25, 0.3) is 5.69 Å². The lowest BCUT2D eigenvalue weighted by molar-refractivity contribution is -0.137. The summed E-state index contributed by atoms with van der Waals surface area (Å²) in [6.07, 6.45) is -3.67. The molecule has 0 saturated carbocycles. The molecule has 1 aliphatic heterocycles. The van der Waals surface area contributed by atoms with E-state index in [1.807, 2.05) is 24.3 Å². The van der Waals surface area contributed by atoms with Gasteiger partial charge in [-0.1, -0.05) is 24.3 Å². The number of aromatic nitrogens is 4. The predicted octanol–water partition coefficient (Wildman–Crippen LogP) is 2.88. The van der Waals surface area contributed by atoms with Crippen molar-refractivity contribution in [3.63, 3.8) is 0 Å². The summed E-state index contributed by atoms with van der Waals surface area (Å²) in [4.78, 5) is 15.3. The van der Waals surface area contributed by atoms with Crippen LogP contribution in [0.5, 0.6) is 0 Å². The molecule has 3 aromatic rings. The van der Waals surface area contributed by atoms with E-state index in [4.69, 9.17) is 0 Å². The maximum absolute atomic E-state index is 12.6. The minimum absolute atomic E-state index is 0.0886. The molecule has 6 nitrogen and oxygen atoms in total. The SMILES string of the molecule is O=C(c1nnn(-c2ccc(C(F)(F)F)cc2)n1)N1CCc2ccccc2C1. The number of benzene rings is 2. The maximum Gasteiger partial charge on any atom is 0.416 e. The van der Waals surface area contributed by atoms with Crippen molar-refractivity contribution < 1.29 is 18.0 Å². The van der Waals surface area contributed by atoms with E-state index in [-0.39, 0.29) is 11.7 Å². The third-order valence-corrected chi connectivity index (χ3v) is 4.45. The Kier molecular flexibility index (Phi) is 4.14. The van der Waals surface area contributed by atoms with Crippen LogP contribution in [0.15, 0.2) is 48.5 Å². The Labute approximate surface area is 152 Å². The van der Waals surface area contributed by atoms with Gasteiger partial charge >= 0.3 is 6.18 Å². The molecule has 0 fully saturated rings. The van der Waals surface area contributed by atoms with Crippen LogP contribution in [0.3, 0.4) is 0 Å². The van der Waals surface area contributed by atoms with Crippen molar-refractivity contribution in [1.29, 1.82) is 0 Å². The number of halogens is 3. The van der Waals surface area contributed by atoms with Crippen molar-refractivity contribution in [2.45, 2.75) is 19.1 Å². The van der Waals surface area contributed by atoms with Gasteiger partial charge in [0.2, 0.25) is 0 Å². The zero-order valence-corrected chi connectivity index (χ0v) is 14.0. The molecule has 4 rings (SSSR count). The van der Waals surface area contributed by atoms with Gasteiger partial charge in [-0.2, -0.15) is 13.2 Å². The maximum atomic E-state index is 12.6. The Morgan fingerprint density at radius 2 is 1.70 bits per heavy atom. The molecule has 2 aromatic carbocycles. The fourth-order valence-electron chi connectivity index (χ4n) is 3.00. The molecule has 0 saturated heterocycles. The third kappa shape index (κ3) is 3.40. The van der Waals surface area contributed by atoms with Crippen LogP contribution in [0.1, 0.15) is 27.3 Å². The van der Waals surface area contributed by atoms with Crippen molar-refractivity contribution in [2.75, 3.05) is 6.54 Å². The summed E-state index contributed by atoms with van der Waals surface area (Å²) in [6, 6.07) is 12.2. The summed E-state index contributed by atoms with van der Waals surface area (Å²) >= 11 is 0. The average Bonchev–Trinajstić information content (AvgIpc) is 3.16. The van der Waals surface area contributed by atoms with Crippen LogP contribution in [0.2, 0.25) is 0 Å². The molecule has 0 radical (unpaired) electrons. The van der Waals surface area contributed by atoms with E-state index in [1.165, 1.54) is 17.7 Å². The zero-order valence-electron chi connectivity index (χ0n) is 14.0. The molecule has 1 aliphatic rings. The van der Waals surface area contributed by atoms with E-state index < -0.39 is 11.7 Å². The monoisotopic (exact) mass is 373 g/mol. The van der Waals surface area contributed by atoms with E-state index in [2.05, 4.69) is 15.4 Å². The molecule has 27 heavy (non-hydrogen) atoms. The third-order valence-electron chi connectivity index (χ3n) is 4.45.